The zero-order valence-electron chi connectivity index (χ0n) is 8.09. The summed E-state index contributed by atoms with van der Waals surface area (Å²) in [6.07, 6.45) is 0. The molecule has 0 heterocycles. The van der Waals surface area contributed by atoms with Gasteiger partial charge in [0.05, 0.1) is 6.61 Å². The Kier molecular flexibility index (Phi) is 6.11. The van der Waals surface area contributed by atoms with E-state index in [1.807, 2.05) is 19.9 Å². The van der Waals surface area contributed by atoms with Crippen LogP contribution in [0, 0.1) is 11.3 Å². The van der Waals surface area contributed by atoms with Gasteiger partial charge in [-0.3, -0.25) is 0 Å². The summed E-state index contributed by atoms with van der Waals surface area (Å²) in [7, 11) is 1.58. The highest BCUT2D eigenvalue weighted by Gasteiger charge is 2.06. The minimum atomic E-state index is 0.250. The summed E-state index contributed by atoms with van der Waals surface area (Å²) in [5.41, 5.74) is 1.30. The Morgan fingerprint density at radius 2 is 2.00 bits per heavy atom. The monoisotopic (exact) mass is 199 g/mol. The summed E-state index contributed by atoms with van der Waals surface area (Å²) in [6.45, 7) is 4.50. The van der Waals surface area contributed by atoms with Crippen molar-refractivity contribution >= 4 is 17.3 Å². The van der Waals surface area contributed by atoms with Crippen LogP contribution in [0.2, 0.25) is 0 Å². The standard InChI is InChI=1S/C9H13NO2S/c1-7(2)8(6-10)9(13)12-5-4-11-3/h4-5H2,1-3H3. The van der Waals surface area contributed by atoms with Gasteiger partial charge in [0.2, 0.25) is 5.05 Å². The van der Waals surface area contributed by atoms with E-state index in [0.717, 1.165) is 5.57 Å². The summed E-state index contributed by atoms with van der Waals surface area (Å²) in [4.78, 5) is 0. The van der Waals surface area contributed by atoms with Crippen molar-refractivity contribution in [1.29, 1.82) is 5.26 Å². The molecule has 0 aromatic carbocycles. The molecule has 3 nitrogen and oxygen atoms in total. The average Bonchev–Trinajstić information content (AvgIpc) is 2.05. The molecule has 0 fully saturated rings. The van der Waals surface area contributed by atoms with E-state index in [9.17, 15) is 0 Å². The third kappa shape index (κ3) is 4.61. The van der Waals surface area contributed by atoms with Gasteiger partial charge in [0.15, 0.2) is 0 Å². The molecule has 0 aliphatic carbocycles. The molecule has 0 aliphatic heterocycles. The zero-order valence-corrected chi connectivity index (χ0v) is 8.90. The molecule has 0 amide bonds. The molecule has 72 valence electrons. The number of thiocarbonyl (C=S) groups is 1. The van der Waals surface area contributed by atoms with Crippen LogP contribution in [0.1, 0.15) is 13.8 Å². The third-order valence-electron chi connectivity index (χ3n) is 1.34. The Labute approximate surface area is 83.9 Å². The maximum Gasteiger partial charge on any atom is 0.201 e. The number of methoxy groups -OCH3 is 1. The highest BCUT2D eigenvalue weighted by atomic mass is 32.1. The molecule has 0 saturated heterocycles. The second-order valence-electron chi connectivity index (χ2n) is 2.62. The van der Waals surface area contributed by atoms with E-state index < -0.39 is 0 Å². The lowest BCUT2D eigenvalue weighted by Gasteiger charge is -2.06. The minimum Gasteiger partial charge on any atom is -0.480 e. The molecule has 0 bridgehead atoms. The number of allylic oxidation sites excluding steroid dienone is 1. The summed E-state index contributed by atoms with van der Waals surface area (Å²) in [5.74, 6) is 0. The van der Waals surface area contributed by atoms with Crippen molar-refractivity contribution in [2.75, 3.05) is 20.3 Å². The Morgan fingerprint density at radius 1 is 1.38 bits per heavy atom. The van der Waals surface area contributed by atoms with Gasteiger partial charge in [0.25, 0.3) is 0 Å². The van der Waals surface area contributed by atoms with E-state index in [0.29, 0.717) is 18.8 Å². The first kappa shape index (κ1) is 12.1. The summed E-state index contributed by atoms with van der Waals surface area (Å²) >= 11 is 4.91. The summed E-state index contributed by atoms with van der Waals surface area (Å²) in [6, 6.07) is 2.00. The van der Waals surface area contributed by atoms with Crippen LogP contribution in [-0.2, 0) is 9.47 Å². The van der Waals surface area contributed by atoms with Gasteiger partial charge in [-0.2, -0.15) is 5.26 Å². The van der Waals surface area contributed by atoms with Crippen molar-refractivity contribution in [3.05, 3.63) is 11.1 Å². The first-order valence-corrected chi connectivity index (χ1v) is 4.28. The lowest BCUT2D eigenvalue weighted by atomic mass is 10.2. The second-order valence-corrected chi connectivity index (χ2v) is 2.99. The van der Waals surface area contributed by atoms with Gasteiger partial charge in [-0.1, -0.05) is 5.57 Å². The zero-order chi connectivity index (χ0) is 10.3. The average molecular weight is 199 g/mol. The van der Waals surface area contributed by atoms with Crippen LogP contribution in [0.25, 0.3) is 0 Å². The Balaban J connectivity index is 4.12. The maximum atomic E-state index is 8.72. The van der Waals surface area contributed by atoms with E-state index in [4.69, 9.17) is 27.0 Å². The number of rotatable bonds is 4. The number of hydrogen-bond donors (Lipinski definition) is 0. The van der Waals surface area contributed by atoms with E-state index in [1.165, 1.54) is 0 Å². The maximum absolute atomic E-state index is 8.72. The smallest absolute Gasteiger partial charge is 0.201 e. The second kappa shape index (κ2) is 6.58. The van der Waals surface area contributed by atoms with Gasteiger partial charge in [-0.25, -0.2) is 0 Å². The lowest BCUT2D eigenvalue weighted by molar-refractivity contribution is 0.143. The molecule has 0 aliphatic rings. The van der Waals surface area contributed by atoms with E-state index in [2.05, 4.69) is 0 Å². The van der Waals surface area contributed by atoms with Gasteiger partial charge in [0.1, 0.15) is 18.2 Å². The molecule has 0 aromatic heterocycles. The Hall–Kier alpha value is -0.920. The largest absolute Gasteiger partial charge is 0.480 e. The first-order valence-electron chi connectivity index (χ1n) is 3.87. The van der Waals surface area contributed by atoms with Crippen LogP contribution < -0.4 is 0 Å². The van der Waals surface area contributed by atoms with Crippen molar-refractivity contribution in [3.63, 3.8) is 0 Å². The van der Waals surface area contributed by atoms with Crippen molar-refractivity contribution in [1.82, 2.24) is 0 Å². The fourth-order valence-corrected chi connectivity index (χ4v) is 0.985. The van der Waals surface area contributed by atoms with Crippen molar-refractivity contribution in [2.24, 2.45) is 0 Å². The van der Waals surface area contributed by atoms with Gasteiger partial charge >= 0.3 is 0 Å². The predicted molar refractivity (Wildman–Crippen MR) is 54.4 cm³/mol. The highest BCUT2D eigenvalue weighted by molar-refractivity contribution is 7.80. The third-order valence-corrected chi connectivity index (χ3v) is 1.66. The fraction of sp³-hybridized carbons (Fsp3) is 0.556. The number of hydrogen-bond acceptors (Lipinski definition) is 4. The Morgan fingerprint density at radius 3 is 2.38 bits per heavy atom. The van der Waals surface area contributed by atoms with Gasteiger partial charge in [0, 0.05) is 7.11 Å². The molecule has 0 saturated carbocycles. The molecule has 0 atom stereocenters. The first-order chi connectivity index (χ1) is 6.13. The van der Waals surface area contributed by atoms with Crippen LogP contribution in [0.3, 0.4) is 0 Å². The number of nitriles is 1. The van der Waals surface area contributed by atoms with Crippen molar-refractivity contribution in [3.8, 4) is 6.07 Å². The van der Waals surface area contributed by atoms with Crippen LogP contribution in [-0.4, -0.2) is 25.4 Å². The Bertz CT molecular complexity index is 249. The molecule has 0 N–H and O–H groups in total. The molecular weight excluding hydrogens is 186 g/mol. The van der Waals surface area contributed by atoms with Gasteiger partial charge < -0.3 is 9.47 Å². The SMILES string of the molecule is COCCOC(=S)C(C#N)=C(C)C. The van der Waals surface area contributed by atoms with Crippen LogP contribution >= 0.6 is 12.2 Å². The normalized spacial score (nSPS) is 8.77. The van der Waals surface area contributed by atoms with Gasteiger partial charge in [-0.15, -0.1) is 0 Å². The highest BCUT2D eigenvalue weighted by Crippen LogP contribution is 2.05. The number of ether oxygens (including phenoxy) is 2. The molecule has 0 rings (SSSR count). The van der Waals surface area contributed by atoms with E-state index in [-0.39, 0.29) is 5.05 Å². The molecular formula is C9H13NO2S. The molecule has 0 radical (unpaired) electrons. The molecule has 13 heavy (non-hydrogen) atoms. The van der Waals surface area contributed by atoms with Gasteiger partial charge in [-0.05, 0) is 26.1 Å². The lowest BCUT2D eigenvalue weighted by Crippen LogP contribution is -2.10. The van der Waals surface area contributed by atoms with Crippen LogP contribution in [0.15, 0.2) is 11.1 Å². The van der Waals surface area contributed by atoms with Crippen LogP contribution in [0.5, 0.6) is 0 Å². The van der Waals surface area contributed by atoms with Crippen molar-refractivity contribution in [2.45, 2.75) is 13.8 Å². The van der Waals surface area contributed by atoms with E-state index >= 15 is 0 Å². The summed E-state index contributed by atoms with van der Waals surface area (Å²) in [5, 5.41) is 8.97. The molecule has 0 unspecified atom stereocenters. The van der Waals surface area contributed by atoms with Crippen molar-refractivity contribution < 1.29 is 9.47 Å². The summed E-state index contributed by atoms with van der Waals surface area (Å²) < 4.78 is 9.91. The van der Waals surface area contributed by atoms with E-state index in [1.54, 1.807) is 7.11 Å². The number of nitrogens with zero attached hydrogens (tertiary/aromatic N) is 1. The molecule has 4 heteroatoms. The predicted octanol–water partition coefficient (Wildman–Crippen LogP) is 1.84. The van der Waals surface area contributed by atoms with Crippen LogP contribution in [0.4, 0.5) is 0 Å². The topological polar surface area (TPSA) is 42.2 Å². The molecule has 0 spiro atoms. The fourth-order valence-electron chi connectivity index (χ4n) is 0.651. The quantitative estimate of drug-likeness (QED) is 0.300. The molecule has 0 aromatic rings. The minimum absolute atomic E-state index is 0.250.